The fourth-order valence-electron chi connectivity index (χ4n) is 3.58. The third-order valence-electron chi connectivity index (χ3n) is 4.88. The molecule has 0 bridgehead atoms. The second kappa shape index (κ2) is 6.54. The Hall–Kier alpha value is -2.30. The Kier molecular flexibility index (Phi) is 4.24. The lowest BCUT2D eigenvalue weighted by molar-refractivity contribution is -0.168. The first-order valence-electron chi connectivity index (χ1n) is 8.70. The summed E-state index contributed by atoms with van der Waals surface area (Å²) >= 11 is 0. The molecule has 0 N–H and O–H groups in total. The number of carbonyl (C=O) groups excluding carboxylic acids is 2. The second-order valence-electron chi connectivity index (χ2n) is 6.60. The molecule has 0 saturated carbocycles. The standard InChI is InChI=1S/C21H20O4/c1-13(22)14-10-15(12-25-19-8-4-5-9-24-19)20-18(11-14)16-6-2-3-7-17(16)21(20)23/h2-3,6-7,10-11,19H,4-5,8-9,12H2,1H3. The van der Waals surface area contributed by atoms with Crippen LogP contribution in [-0.4, -0.2) is 24.5 Å². The summed E-state index contributed by atoms with van der Waals surface area (Å²) in [6.07, 6.45) is 2.77. The van der Waals surface area contributed by atoms with Crippen molar-refractivity contribution < 1.29 is 19.1 Å². The van der Waals surface area contributed by atoms with Crippen LogP contribution < -0.4 is 0 Å². The zero-order chi connectivity index (χ0) is 17.4. The molecule has 1 fully saturated rings. The maximum Gasteiger partial charge on any atom is 0.194 e. The van der Waals surface area contributed by atoms with Gasteiger partial charge in [0.25, 0.3) is 0 Å². The molecule has 25 heavy (non-hydrogen) atoms. The maximum absolute atomic E-state index is 12.9. The Morgan fingerprint density at radius 2 is 1.96 bits per heavy atom. The van der Waals surface area contributed by atoms with Crippen LogP contribution in [-0.2, 0) is 16.1 Å². The first kappa shape index (κ1) is 16.2. The topological polar surface area (TPSA) is 52.6 Å². The summed E-state index contributed by atoms with van der Waals surface area (Å²) in [7, 11) is 0. The highest BCUT2D eigenvalue weighted by molar-refractivity contribution is 6.23. The van der Waals surface area contributed by atoms with Crippen LogP contribution in [0.4, 0.5) is 0 Å². The Morgan fingerprint density at radius 3 is 2.68 bits per heavy atom. The molecule has 1 atom stereocenters. The van der Waals surface area contributed by atoms with Crippen LogP contribution in [0.1, 0.15) is 58.0 Å². The van der Waals surface area contributed by atoms with Gasteiger partial charge in [-0.25, -0.2) is 0 Å². The van der Waals surface area contributed by atoms with E-state index < -0.39 is 0 Å². The highest BCUT2D eigenvalue weighted by Gasteiger charge is 2.30. The van der Waals surface area contributed by atoms with E-state index in [-0.39, 0.29) is 24.5 Å². The van der Waals surface area contributed by atoms with Gasteiger partial charge in [-0.3, -0.25) is 9.59 Å². The molecule has 128 valence electrons. The number of ether oxygens (including phenoxy) is 2. The lowest BCUT2D eigenvalue weighted by atomic mass is 9.96. The molecule has 0 aromatic heterocycles. The van der Waals surface area contributed by atoms with Gasteiger partial charge in [0.15, 0.2) is 17.9 Å². The van der Waals surface area contributed by atoms with Crippen LogP contribution >= 0.6 is 0 Å². The minimum Gasteiger partial charge on any atom is -0.353 e. The van der Waals surface area contributed by atoms with Gasteiger partial charge in [-0.2, -0.15) is 0 Å². The Bertz CT molecular complexity index is 847. The summed E-state index contributed by atoms with van der Waals surface area (Å²) < 4.78 is 11.5. The lowest BCUT2D eigenvalue weighted by Crippen LogP contribution is -2.22. The molecule has 0 spiro atoms. The molecule has 2 aromatic carbocycles. The van der Waals surface area contributed by atoms with Crippen molar-refractivity contribution in [2.45, 2.75) is 39.1 Å². The molecular formula is C21H20O4. The Labute approximate surface area is 146 Å². The van der Waals surface area contributed by atoms with Crippen LogP contribution in [0.3, 0.4) is 0 Å². The van der Waals surface area contributed by atoms with Crippen molar-refractivity contribution in [1.29, 1.82) is 0 Å². The summed E-state index contributed by atoms with van der Waals surface area (Å²) in [5, 5.41) is 0. The molecule has 4 heteroatoms. The van der Waals surface area contributed by atoms with Crippen molar-refractivity contribution in [1.82, 2.24) is 0 Å². The SMILES string of the molecule is CC(=O)c1cc(COC2CCCCO2)c2c(c1)-c1ccccc1C2=O. The van der Waals surface area contributed by atoms with Gasteiger partial charge in [-0.05, 0) is 55.0 Å². The second-order valence-corrected chi connectivity index (χ2v) is 6.60. The average molecular weight is 336 g/mol. The van der Waals surface area contributed by atoms with E-state index in [9.17, 15) is 9.59 Å². The predicted molar refractivity (Wildman–Crippen MR) is 93.7 cm³/mol. The number of hydrogen-bond donors (Lipinski definition) is 0. The summed E-state index contributed by atoms with van der Waals surface area (Å²) in [4.78, 5) is 24.8. The van der Waals surface area contributed by atoms with Gasteiger partial charge in [0.2, 0.25) is 0 Å². The van der Waals surface area contributed by atoms with Gasteiger partial charge in [-0.1, -0.05) is 24.3 Å². The first-order chi connectivity index (χ1) is 12.1. The fourth-order valence-corrected chi connectivity index (χ4v) is 3.58. The number of hydrogen-bond acceptors (Lipinski definition) is 4. The van der Waals surface area contributed by atoms with Crippen molar-refractivity contribution in [3.8, 4) is 11.1 Å². The van der Waals surface area contributed by atoms with Gasteiger partial charge in [-0.15, -0.1) is 0 Å². The molecule has 1 heterocycles. The van der Waals surface area contributed by atoms with Crippen molar-refractivity contribution >= 4 is 11.6 Å². The lowest BCUT2D eigenvalue weighted by Gasteiger charge is -2.23. The molecular weight excluding hydrogens is 316 g/mol. The van der Waals surface area contributed by atoms with E-state index in [1.165, 1.54) is 0 Å². The molecule has 1 aliphatic carbocycles. The number of benzene rings is 2. The highest BCUT2D eigenvalue weighted by atomic mass is 16.7. The third kappa shape index (κ3) is 2.92. The van der Waals surface area contributed by atoms with Crippen molar-refractivity contribution in [2.75, 3.05) is 6.61 Å². The summed E-state index contributed by atoms with van der Waals surface area (Å²) in [5.41, 5.74) is 4.43. The van der Waals surface area contributed by atoms with Crippen LogP contribution in [0.15, 0.2) is 36.4 Å². The van der Waals surface area contributed by atoms with E-state index in [0.29, 0.717) is 23.3 Å². The molecule has 2 aliphatic rings. The van der Waals surface area contributed by atoms with E-state index >= 15 is 0 Å². The average Bonchev–Trinajstić information content (AvgIpc) is 2.94. The molecule has 1 unspecified atom stereocenters. The largest absolute Gasteiger partial charge is 0.353 e. The molecule has 0 amide bonds. The van der Waals surface area contributed by atoms with E-state index in [2.05, 4.69) is 0 Å². The normalized spacial score (nSPS) is 18.8. The molecule has 1 aliphatic heterocycles. The number of fused-ring (bicyclic) bond motifs is 3. The smallest absolute Gasteiger partial charge is 0.194 e. The number of rotatable bonds is 4. The van der Waals surface area contributed by atoms with Gasteiger partial charge in [0, 0.05) is 23.3 Å². The van der Waals surface area contributed by atoms with Crippen LogP contribution in [0.5, 0.6) is 0 Å². The number of ketones is 2. The van der Waals surface area contributed by atoms with Crippen molar-refractivity contribution in [2.24, 2.45) is 0 Å². The van der Waals surface area contributed by atoms with Gasteiger partial charge >= 0.3 is 0 Å². The van der Waals surface area contributed by atoms with E-state index in [1.807, 2.05) is 30.3 Å². The quantitative estimate of drug-likeness (QED) is 0.672. The van der Waals surface area contributed by atoms with Gasteiger partial charge < -0.3 is 9.47 Å². The minimum atomic E-state index is -0.232. The first-order valence-corrected chi connectivity index (χ1v) is 8.70. The van der Waals surface area contributed by atoms with Crippen molar-refractivity contribution in [3.05, 3.63) is 58.7 Å². The Morgan fingerprint density at radius 1 is 1.16 bits per heavy atom. The molecule has 0 radical (unpaired) electrons. The van der Waals surface area contributed by atoms with Crippen LogP contribution in [0.25, 0.3) is 11.1 Å². The summed E-state index contributed by atoms with van der Waals surface area (Å²) in [5.74, 6) is -0.0151. The number of Topliss-reactive ketones (excluding diaryl/α,β-unsaturated/α-hetero) is 1. The third-order valence-corrected chi connectivity index (χ3v) is 4.88. The van der Waals surface area contributed by atoms with E-state index in [4.69, 9.17) is 9.47 Å². The summed E-state index contributed by atoms with van der Waals surface area (Å²) in [6.45, 7) is 2.52. The fraction of sp³-hybridized carbons (Fsp3) is 0.333. The zero-order valence-corrected chi connectivity index (χ0v) is 14.2. The zero-order valence-electron chi connectivity index (χ0n) is 14.2. The van der Waals surface area contributed by atoms with Crippen LogP contribution in [0.2, 0.25) is 0 Å². The summed E-state index contributed by atoms with van der Waals surface area (Å²) in [6, 6.07) is 11.1. The predicted octanol–water partition coefficient (Wildman–Crippen LogP) is 4.14. The number of carbonyl (C=O) groups is 2. The van der Waals surface area contributed by atoms with Gasteiger partial charge in [0.05, 0.1) is 6.61 Å². The highest BCUT2D eigenvalue weighted by Crippen LogP contribution is 2.39. The monoisotopic (exact) mass is 336 g/mol. The van der Waals surface area contributed by atoms with Gasteiger partial charge in [0.1, 0.15) is 0 Å². The van der Waals surface area contributed by atoms with E-state index in [0.717, 1.165) is 36.0 Å². The minimum absolute atomic E-state index is 0.00358. The Balaban J connectivity index is 1.73. The van der Waals surface area contributed by atoms with E-state index in [1.54, 1.807) is 13.0 Å². The molecule has 2 aromatic rings. The molecule has 4 rings (SSSR count). The van der Waals surface area contributed by atoms with Crippen molar-refractivity contribution in [3.63, 3.8) is 0 Å². The molecule has 1 saturated heterocycles. The molecule has 4 nitrogen and oxygen atoms in total. The maximum atomic E-state index is 12.9. The van der Waals surface area contributed by atoms with Crippen LogP contribution in [0, 0.1) is 0 Å².